The molecule has 1 aromatic carbocycles. The Bertz CT molecular complexity index is 741. The largest absolute Gasteiger partial charge is 0.365 e. The third kappa shape index (κ3) is 2.95. The molecular weight excluding hydrogens is 306 g/mol. The van der Waals surface area contributed by atoms with Crippen molar-refractivity contribution >= 4 is 26.5 Å². The highest BCUT2D eigenvalue weighted by molar-refractivity contribution is 7.91. The SMILES string of the molecule is CNc1nc(C)c(S(=O)(=O)N[C@@H]2C[C@H]2c2ccccc2)s1. The minimum atomic E-state index is -3.49. The molecule has 1 aromatic heterocycles. The summed E-state index contributed by atoms with van der Waals surface area (Å²) in [7, 11) is -1.76. The number of sulfonamides is 1. The van der Waals surface area contributed by atoms with E-state index >= 15 is 0 Å². The van der Waals surface area contributed by atoms with Gasteiger partial charge in [0.1, 0.15) is 0 Å². The minimum Gasteiger partial charge on any atom is -0.365 e. The van der Waals surface area contributed by atoms with Gasteiger partial charge >= 0.3 is 0 Å². The Labute approximate surface area is 128 Å². The van der Waals surface area contributed by atoms with Crippen LogP contribution in [-0.2, 0) is 10.0 Å². The maximum atomic E-state index is 12.4. The second kappa shape index (κ2) is 5.40. The zero-order chi connectivity index (χ0) is 15.0. The Hall–Kier alpha value is -1.44. The van der Waals surface area contributed by atoms with E-state index in [1.54, 1.807) is 14.0 Å². The fourth-order valence-corrected chi connectivity index (χ4v) is 5.06. The van der Waals surface area contributed by atoms with Crippen molar-refractivity contribution in [2.75, 3.05) is 12.4 Å². The molecule has 1 aliphatic rings. The quantitative estimate of drug-likeness (QED) is 0.886. The van der Waals surface area contributed by atoms with Crippen LogP contribution < -0.4 is 10.0 Å². The highest BCUT2D eigenvalue weighted by atomic mass is 32.2. The van der Waals surface area contributed by atoms with E-state index in [1.165, 1.54) is 5.56 Å². The van der Waals surface area contributed by atoms with E-state index in [1.807, 2.05) is 30.3 Å². The van der Waals surface area contributed by atoms with Crippen molar-refractivity contribution in [2.24, 2.45) is 0 Å². The molecule has 0 bridgehead atoms. The predicted octanol–water partition coefficient (Wildman–Crippen LogP) is 2.33. The van der Waals surface area contributed by atoms with Crippen LogP contribution in [0.4, 0.5) is 5.13 Å². The van der Waals surface area contributed by atoms with Crippen molar-refractivity contribution in [3.8, 4) is 0 Å². The van der Waals surface area contributed by atoms with Gasteiger partial charge in [0.2, 0.25) is 0 Å². The number of thiazole rings is 1. The highest BCUT2D eigenvalue weighted by Gasteiger charge is 2.41. The first-order valence-electron chi connectivity index (χ1n) is 6.73. The Morgan fingerprint density at radius 3 is 2.62 bits per heavy atom. The molecule has 0 aliphatic heterocycles. The molecule has 5 nitrogen and oxygen atoms in total. The van der Waals surface area contributed by atoms with E-state index in [0.717, 1.165) is 17.8 Å². The van der Waals surface area contributed by atoms with E-state index in [2.05, 4.69) is 15.0 Å². The Morgan fingerprint density at radius 2 is 2.00 bits per heavy atom. The van der Waals surface area contributed by atoms with Crippen LogP contribution in [0.15, 0.2) is 34.5 Å². The first kappa shape index (κ1) is 14.5. The lowest BCUT2D eigenvalue weighted by Crippen LogP contribution is -2.26. The number of aryl methyl sites for hydroxylation is 1. The highest BCUT2D eigenvalue weighted by Crippen LogP contribution is 2.42. The van der Waals surface area contributed by atoms with Crippen LogP contribution >= 0.6 is 11.3 Å². The van der Waals surface area contributed by atoms with Crippen LogP contribution in [0.3, 0.4) is 0 Å². The van der Waals surface area contributed by atoms with Gasteiger partial charge in [-0.15, -0.1) is 0 Å². The van der Waals surface area contributed by atoms with Crippen LogP contribution in [0.2, 0.25) is 0 Å². The first-order valence-corrected chi connectivity index (χ1v) is 9.03. The van der Waals surface area contributed by atoms with Crippen molar-refractivity contribution in [1.82, 2.24) is 9.71 Å². The van der Waals surface area contributed by atoms with Gasteiger partial charge in [0.25, 0.3) is 10.0 Å². The molecule has 0 saturated heterocycles. The Morgan fingerprint density at radius 1 is 1.29 bits per heavy atom. The van der Waals surface area contributed by atoms with Gasteiger partial charge in [-0.3, -0.25) is 0 Å². The average Bonchev–Trinajstić information content (AvgIpc) is 3.10. The average molecular weight is 323 g/mol. The Kier molecular flexibility index (Phi) is 3.73. The normalized spacial score (nSPS) is 21.2. The standard InChI is InChI=1S/C14H17N3O2S2/c1-9-13(20-14(15-2)16-9)21(18,19)17-12-8-11(12)10-6-4-3-5-7-10/h3-7,11-12,17H,8H2,1-2H3,(H,15,16)/t11-,12+/m0/s1. The van der Waals surface area contributed by atoms with Gasteiger partial charge in [-0.2, -0.15) is 0 Å². The van der Waals surface area contributed by atoms with Gasteiger partial charge in [0.05, 0.1) is 5.69 Å². The number of nitrogens with zero attached hydrogens (tertiary/aromatic N) is 1. The number of aromatic nitrogens is 1. The van der Waals surface area contributed by atoms with E-state index < -0.39 is 10.0 Å². The van der Waals surface area contributed by atoms with E-state index in [0.29, 0.717) is 15.0 Å². The van der Waals surface area contributed by atoms with Gasteiger partial charge in [0, 0.05) is 19.0 Å². The number of hydrogen-bond donors (Lipinski definition) is 2. The number of rotatable bonds is 5. The molecule has 0 spiro atoms. The lowest BCUT2D eigenvalue weighted by atomic mass is 10.1. The van der Waals surface area contributed by atoms with Crippen LogP contribution in [0.25, 0.3) is 0 Å². The monoisotopic (exact) mass is 323 g/mol. The van der Waals surface area contributed by atoms with Crippen molar-refractivity contribution in [3.63, 3.8) is 0 Å². The van der Waals surface area contributed by atoms with Crippen LogP contribution in [-0.4, -0.2) is 26.5 Å². The van der Waals surface area contributed by atoms with Crippen molar-refractivity contribution in [2.45, 2.75) is 29.5 Å². The van der Waals surface area contributed by atoms with Gasteiger partial charge in [-0.05, 0) is 18.9 Å². The van der Waals surface area contributed by atoms with Gasteiger partial charge in [-0.25, -0.2) is 18.1 Å². The zero-order valence-electron chi connectivity index (χ0n) is 11.8. The van der Waals surface area contributed by atoms with Crippen LogP contribution in [0, 0.1) is 6.92 Å². The van der Waals surface area contributed by atoms with Crippen molar-refractivity contribution in [3.05, 3.63) is 41.6 Å². The molecular formula is C14H17N3O2S2. The molecule has 2 aromatic rings. The van der Waals surface area contributed by atoms with Crippen molar-refractivity contribution in [1.29, 1.82) is 0 Å². The molecule has 1 aliphatic carbocycles. The molecule has 1 saturated carbocycles. The zero-order valence-corrected chi connectivity index (χ0v) is 13.5. The van der Waals surface area contributed by atoms with E-state index in [-0.39, 0.29) is 12.0 Å². The molecule has 1 fully saturated rings. The topological polar surface area (TPSA) is 71.1 Å². The summed E-state index contributed by atoms with van der Waals surface area (Å²) >= 11 is 1.16. The third-order valence-electron chi connectivity index (χ3n) is 3.54. The third-order valence-corrected chi connectivity index (χ3v) is 6.81. The minimum absolute atomic E-state index is 0.0167. The van der Waals surface area contributed by atoms with E-state index in [4.69, 9.17) is 0 Å². The number of anilines is 1. The van der Waals surface area contributed by atoms with Gasteiger partial charge in [0.15, 0.2) is 9.34 Å². The molecule has 1 heterocycles. The summed E-state index contributed by atoms with van der Waals surface area (Å²) in [6, 6.07) is 9.98. The number of benzene rings is 1. The van der Waals surface area contributed by atoms with E-state index in [9.17, 15) is 8.42 Å². The Balaban J connectivity index is 1.75. The number of hydrogen-bond acceptors (Lipinski definition) is 5. The summed E-state index contributed by atoms with van der Waals surface area (Å²) in [5.41, 5.74) is 1.72. The maximum Gasteiger partial charge on any atom is 0.252 e. The molecule has 0 amide bonds. The maximum absolute atomic E-state index is 12.4. The molecule has 7 heteroatoms. The van der Waals surface area contributed by atoms with Crippen LogP contribution in [0.1, 0.15) is 23.6 Å². The second-order valence-corrected chi connectivity index (χ2v) is 8.03. The fraction of sp³-hybridized carbons (Fsp3) is 0.357. The predicted molar refractivity (Wildman–Crippen MR) is 84.3 cm³/mol. The van der Waals surface area contributed by atoms with Gasteiger partial charge in [-0.1, -0.05) is 41.7 Å². The summed E-state index contributed by atoms with van der Waals surface area (Å²) < 4.78 is 28.0. The van der Waals surface area contributed by atoms with Crippen LogP contribution in [0.5, 0.6) is 0 Å². The summed E-state index contributed by atoms with van der Waals surface area (Å²) in [5, 5.41) is 3.49. The molecule has 0 unspecified atom stereocenters. The second-order valence-electron chi connectivity index (χ2n) is 5.12. The molecule has 2 atom stereocenters. The summed E-state index contributed by atoms with van der Waals surface area (Å²) in [6.45, 7) is 1.72. The molecule has 0 radical (unpaired) electrons. The smallest absolute Gasteiger partial charge is 0.252 e. The summed E-state index contributed by atoms with van der Waals surface area (Å²) in [5.74, 6) is 0.276. The molecule has 21 heavy (non-hydrogen) atoms. The molecule has 112 valence electrons. The van der Waals surface area contributed by atoms with Crippen molar-refractivity contribution < 1.29 is 8.42 Å². The number of nitrogens with one attached hydrogen (secondary N) is 2. The lowest BCUT2D eigenvalue weighted by Gasteiger charge is -2.05. The molecule has 2 N–H and O–H groups in total. The lowest BCUT2D eigenvalue weighted by molar-refractivity contribution is 0.581. The van der Waals surface area contributed by atoms with Gasteiger partial charge < -0.3 is 5.32 Å². The summed E-state index contributed by atoms with van der Waals surface area (Å²) in [4.78, 5) is 4.19. The fourth-order valence-electron chi connectivity index (χ4n) is 2.39. The first-order chi connectivity index (χ1) is 10.0. The molecule has 3 rings (SSSR count). The summed E-state index contributed by atoms with van der Waals surface area (Å²) in [6.07, 6.45) is 0.847.